The van der Waals surface area contributed by atoms with Crippen molar-refractivity contribution in [3.63, 3.8) is 0 Å². The maximum atomic E-state index is 13.4. The topological polar surface area (TPSA) is 93.1 Å². The number of carbonyl (C=O) groups excluding carboxylic acids is 3. The number of amides is 1. The number of ketones is 1. The fourth-order valence-electron chi connectivity index (χ4n) is 4.03. The van der Waals surface area contributed by atoms with Gasteiger partial charge in [-0.05, 0) is 59.7 Å². The van der Waals surface area contributed by atoms with Crippen molar-refractivity contribution in [2.75, 3.05) is 14.2 Å². The zero-order valence-electron chi connectivity index (χ0n) is 19.0. The number of ether oxygens (including phenoxy) is 2. The Balaban J connectivity index is 1.81. The van der Waals surface area contributed by atoms with Crippen LogP contribution in [-0.2, 0) is 20.9 Å². The molecule has 3 aromatic carbocycles. The van der Waals surface area contributed by atoms with Gasteiger partial charge in [-0.15, -0.1) is 0 Å². The van der Waals surface area contributed by atoms with Crippen LogP contribution in [0.2, 0.25) is 0 Å². The lowest BCUT2D eigenvalue weighted by atomic mass is 9.95. The molecule has 0 saturated carbocycles. The van der Waals surface area contributed by atoms with Crippen molar-refractivity contribution in [1.29, 1.82) is 0 Å². The highest BCUT2D eigenvalue weighted by Gasteiger charge is 2.46. The third kappa shape index (κ3) is 4.63. The molecule has 1 aliphatic rings. The second-order valence-corrected chi connectivity index (χ2v) is 7.90. The van der Waals surface area contributed by atoms with E-state index in [1.807, 2.05) is 0 Å². The molecule has 7 nitrogen and oxygen atoms in total. The summed E-state index contributed by atoms with van der Waals surface area (Å²) in [6.45, 7) is 0.0358. The van der Waals surface area contributed by atoms with Crippen molar-refractivity contribution in [3.05, 3.63) is 106 Å². The number of Topliss-reactive ketones (excluding diaryl/α,β-unsaturated/α-hetero) is 1. The van der Waals surface area contributed by atoms with Crippen LogP contribution in [0.25, 0.3) is 5.76 Å². The summed E-state index contributed by atoms with van der Waals surface area (Å²) in [5.41, 5.74) is 1.66. The number of rotatable bonds is 6. The lowest BCUT2D eigenvalue weighted by molar-refractivity contribution is -0.140. The summed E-state index contributed by atoms with van der Waals surface area (Å²) in [5, 5.41) is 11.0. The normalized spacial score (nSPS) is 16.9. The first kappa shape index (κ1) is 23.7. The standard InChI is InChI=1S/C27H22FNO6/c1-34-21-5-3-4-19(14-21)23-22(24(30)17-10-12-20(28)13-11-17)25(31)26(32)29(23)15-16-6-8-18(9-7-16)27(33)35-2/h3-14,23,30H,15H2,1-2H3/b24-22+. The van der Waals surface area contributed by atoms with Gasteiger partial charge in [-0.2, -0.15) is 0 Å². The molecule has 0 bridgehead atoms. The molecule has 0 spiro atoms. The zero-order valence-corrected chi connectivity index (χ0v) is 19.0. The van der Waals surface area contributed by atoms with E-state index in [9.17, 15) is 23.9 Å². The van der Waals surface area contributed by atoms with Gasteiger partial charge >= 0.3 is 5.97 Å². The number of aliphatic hydroxyl groups excluding tert-OH is 1. The van der Waals surface area contributed by atoms with E-state index in [2.05, 4.69) is 0 Å². The second kappa shape index (κ2) is 9.80. The van der Waals surface area contributed by atoms with Crippen LogP contribution in [0, 0.1) is 5.82 Å². The third-order valence-corrected chi connectivity index (χ3v) is 5.80. The SMILES string of the molecule is COC(=O)c1ccc(CN2C(=O)C(=O)/C(=C(/O)c3ccc(F)cc3)C2c2cccc(OC)c2)cc1. The number of carbonyl (C=O) groups is 3. The summed E-state index contributed by atoms with van der Waals surface area (Å²) in [6.07, 6.45) is 0. The largest absolute Gasteiger partial charge is 0.507 e. The summed E-state index contributed by atoms with van der Waals surface area (Å²) < 4.78 is 23.4. The average molecular weight is 475 g/mol. The minimum atomic E-state index is -0.921. The van der Waals surface area contributed by atoms with Crippen LogP contribution >= 0.6 is 0 Å². The number of aliphatic hydroxyl groups is 1. The van der Waals surface area contributed by atoms with Gasteiger partial charge in [0.2, 0.25) is 0 Å². The first-order valence-corrected chi connectivity index (χ1v) is 10.7. The van der Waals surface area contributed by atoms with Gasteiger partial charge in [0.1, 0.15) is 17.3 Å². The molecule has 3 aromatic rings. The minimum absolute atomic E-state index is 0.0358. The lowest BCUT2D eigenvalue weighted by Crippen LogP contribution is -2.29. The highest BCUT2D eigenvalue weighted by molar-refractivity contribution is 6.46. The molecule has 1 atom stereocenters. The molecule has 1 aliphatic heterocycles. The van der Waals surface area contributed by atoms with Crippen molar-refractivity contribution >= 4 is 23.4 Å². The third-order valence-electron chi connectivity index (χ3n) is 5.80. The Kier molecular flexibility index (Phi) is 6.64. The summed E-state index contributed by atoms with van der Waals surface area (Å²) >= 11 is 0. The fourth-order valence-corrected chi connectivity index (χ4v) is 4.03. The van der Waals surface area contributed by atoms with Crippen molar-refractivity contribution in [1.82, 2.24) is 4.90 Å². The number of halogens is 1. The van der Waals surface area contributed by atoms with E-state index in [4.69, 9.17) is 9.47 Å². The molecule has 1 amide bonds. The van der Waals surface area contributed by atoms with Gasteiger partial charge in [0.05, 0.1) is 31.4 Å². The highest BCUT2D eigenvalue weighted by Crippen LogP contribution is 2.41. The molecule has 178 valence electrons. The number of esters is 1. The van der Waals surface area contributed by atoms with E-state index in [1.54, 1.807) is 48.5 Å². The Morgan fingerprint density at radius 2 is 1.63 bits per heavy atom. The van der Waals surface area contributed by atoms with Crippen LogP contribution < -0.4 is 4.74 Å². The van der Waals surface area contributed by atoms with E-state index in [0.29, 0.717) is 22.4 Å². The molecule has 4 rings (SSSR count). The Hall–Kier alpha value is -4.46. The number of hydrogen-bond donors (Lipinski definition) is 1. The van der Waals surface area contributed by atoms with Gasteiger partial charge in [-0.25, -0.2) is 9.18 Å². The highest BCUT2D eigenvalue weighted by atomic mass is 19.1. The van der Waals surface area contributed by atoms with Crippen molar-refractivity contribution in [2.45, 2.75) is 12.6 Å². The number of nitrogens with zero attached hydrogens (tertiary/aromatic N) is 1. The maximum Gasteiger partial charge on any atom is 0.337 e. The van der Waals surface area contributed by atoms with Crippen molar-refractivity contribution in [3.8, 4) is 5.75 Å². The molecular weight excluding hydrogens is 453 g/mol. The van der Waals surface area contributed by atoms with Gasteiger partial charge in [0.25, 0.3) is 11.7 Å². The molecule has 0 aliphatic carbocycles. The van der Waals surface area contributed by atoms with Gasteiger partial charge in [-0.3, -0.25) is 9.59 Å². The van der Waals surface area contributed by atoms with Crippen LogP contribution in [0.4, 0.5) is 4.39 Å². The molecule has 1 fully saturated rings. The predicted octanol–water partition coefficient (Wildman–Crippen LogP) is 4.24. The Bertz CT molecular complexity index is 1310. The Morgan fingerprint density at radius 1 is 0.971 bits per heavy atom. The van der Waals surface area contributed by atoms with Crippen LogP contribution in [0.3, 0.4) is 0 Å². The van der Waals surface area contributed by atoms with E-state index < -0.39 is 35.3 Å². The van der Waals surface area contributed by atoms with Crippen molar-refractivity contribution < 1.29 is 33.4 Å². The van der Waals surface area contributed by atoms with Crippen LogP contribution in [0.5, 0.6) is 5.75 Å². The molecule has 1 N–H and O–H groups in total. The molecule has 0 radical (unpaired) electrons. The smallest absolute Gasteiger partial charge is 0.337 e. The van der Waals surface area contributed by atoms with Gasteiger partial charge in [0.15, 0.2) is 0 Å². The van der Waals surface area contributed by atoms with Crippen molar-refractivity contribution in [2.24, 2.45) is 0 Å². The first-order chi connectivity index (χ1) is 16.8. The molecule has 8 heteroatoms. The summed E-state index contributed by atoms with van der Waals surface area (Å²) in [6, 6.07) is 17.4. The van der Waals surface area contributed by atoms with E-state index in [0.717, 1.165) is 12.1 Å². The fraction of sp³-hybridized carbons (Fsp3) is 0.148. The molecule has 1 saturated heterocycles. The van der Waals surface area contributed by atoms with E-state index in [1.165, 1.54) is 31.3 Å². The minimum Gasteiger partial charge on any atom is -0.507 e. The number of benzene rings is 3. The Morgan fingerprint density at radius 3 is 2.26 bits per heavy atom. The molecular formula is C27H22FNO6. The van der Waals surface area contributed by atoms with Gasteiger partial charge < -0.3 is 19.5 Å². The average Bonchev–Trinajstić information content (AvgIpc) is 3.13. The maximum absolute atomic E-state index is 13.4. The van der Waals surface area contributed by atoms with Crippen LogP contribution in [0.1, 0.15) is 33.1 Å². The zero-order chi connectivity index (χ0) is 25.1. The lowest BCUT2D eigenvalue weighted by Gasteiger charge is -2.26. The second-order valence-electron chi connectivity index (χ2n) is 7.90. The van der Waals surface area contributed by atoms with Gasteiger partial charge in [0, 0.05) is 12.1 Å². The summed E-state index contributed by atoms with van der Waals surface area (Å²) in [5.74, 6) is -2.53. The molecule has 1 heterocycles. The quantitative estimate of drug-likeness (QED) is 0.248. The molecule has 1 unspecified atom stereocenters. The Labute approximate surface area is 201 Å². The van der Waals surface area contributed by atoms with Gasteiger partial charge in [-0.1, -0.05) is 24.3 Å². The number of hydrogen-bond acceptors (Lipinski definition) is 6. The molecule has 0 aromatic heterocycles. The number of likely N-dealkylation sites (tertiary alicyclic amines) is 1. The number of methoxy groups -OCH3 is 2. The van der Waals surface area contributed by atoms with E-state index in [-0.39, 0.29) is 17.7 Å². The predicted molar refractivity (Wildman–Crippen MR) is 125 cm³/mol. The van der Waals surface area contributed by atoms with Crippen LogP contribution in [-0.4, -0.2) is 41.9 Å². The van der Waals surface area contributed by atoms with E-state index >= 15 is 0 Å². The van der Waals surface area contributed by atoms with Crippen LogP contribution in [0.15, 0.2) is 78.4 Å². The monoisotopic (exact) mass is 475 g/mol. The summed E-state index contributed by atoms with van der Waals surface area (Å²) in [4.78, 5) is 39.3. The summed E-state index contributed by atoms with van der Waals surface area (Å²) in [7, 11) is 2.78. The first-order valence-electron chi connectivity index (χ1n) is 10.7. The molecule has 35 heavy (non-hydrogen) atoms.